The van der Waals surface area contributed by atoms with Gasteiger partial charge in [-0.25, -0.2) is 0 Å². The fourth-order valence-corrected chi connectivity index (χ4v) is 2.39. The van der Waals surface area contributed by atoms with Crippen molar-refractivity contribution in [2.24, 2.45) is 5.92 Å². The molecule has 0 aromatic carbocycles. The number of rotatable bonds is 6. The van der Waals surface area contributed by atoms with E-state index in [1.54, 1.807) is 5.57 Å². The lowest BCUT2D eigenvalue weighted by Crippen LogP contribution is -2.35. The lowest BCUT2D eigenvalue weighted by molar-refractivity contribution is 0.365. The van der Waals surface area contributed by atoms with Gasteiger partial charge < -0.3 is 5.32 Å². The minimum absolute atomic E-state index is 0.698. The molecule has 0 radical (unpaired) electrons. The van der Waals surface area contributed by atoms with Crippen LogP contribution in [0.25, 0.3) is 0 Å². The molecule has 1 heteroatoms. The van der Waals surface area contributed by atoms with Gasteiger partial charge in [0.25, 0.3) is 0 Å². The SMILES string of the molecule is CCNC(CC1=CCCCC1)C(C)CC. The van der Waals surface area contributed by atoms with Gasteiger partial charge in [-0.3, -0.25) is 0 Å². The molecule has 0 fully saturated rings. The third-order valence-corrected chi connectivity index (χ3v) is 3.66. The second-order valence-electron chi connectivity index (χ2n) is 4.86. The van der Waals surface area contributed by atoms with Gasteiger partial charge in [0.05, 0.1) is 0 Å². The van der Waals surface area contributed by atoms with Crippen LogP contribution in [0.5, 0.6) is 0 Å². The van der Waals surface area contributed by atoms with E-state index in [0.717, 1.165) is 12.5 Å². The zero-order chi connectivity index (χ0) is 11.1. The molecule has 2 atom stereocenters. The molecule has 0 spiro atoms. The molecule has 1 aliphatic rings. The van der Waals surface area contributed by atoms with Crippen LogP contribution in [0, 0.1) is 5.92 Å². The third-order valence-electron chi connectivity index (χ3n) is 3.66. The van der Waals surface area contributed by atoms with Gasteiger partial charge in [0.15, 0.2) is 0 Å². The maximum absolute atomic E-state index is 3.64. The normalized spacial score (nSPS) is 20.9. The second kappa shape index (κ2) is 7.05. The van der Waals surface area contributed by atoms with Crippen molar-refractivity contribution in [2.75, 3.05) is 6.54 Å². The van der Waals surface area contributed by atoms with E-state index in [2.05, 4.69) is 32.2 Å². The molecule has 1 N–H and O–H groups in total. The molecule has 0 saturated carbocycles. The summed E-state index contributed by atoms with van der Waals surface area (Å²) < 4.78 is 0. The fraction of sp³-hybridized carbons (Fsp3) is 0.857. The Balaban J connectivity index is 2.45. The van der Waals surface area contributed by atoms with E-state index in [-0.39, 0.29) is 0 Å². The van der Waals surface area contributed by atoms with E-state index >= 15 is 0 Å². The highest BCUT2D eigenvalue weighted by atomic mass is 14.9. The number of hydrogen-bond acceptors (Lipinski definition) is 1. The number of hydrogen-bond donors (Lipinski definition) is 1. The summed E-state index contributed by atoms with van der Waals surface area (Å²) in [6.45, 7) is 7.98. The van der Waals surface area contributed by atoms with Crippen molar-refractivity contribution in [1.29, 1.82) is 0 Å². The quantitative estimate of drug-likeness (QED) is 0.654. The summed E-state index contributed by atoms with van der Waals surface area (Å²) in [4.78, 5) is 0. The average Bonchev–Trinajstić information content (AvgIpc) is 2.29. The van der Waals surface area contributed by atoms with Gasteiger partial charge in [-0.2, -0.15) is 0 Å². The molecule has 0 aromatic rings. The first-order chi connectivity index (χ1) is 7.27. The van der Waals surface area contributed by atoms with Crippen molar-refractivity contribution in [3.05, 3.63) is 11.6 Å². The van der Waals surface area contributed by atoms with Gasteiger partial charge in [0.1, 0.15) is 0 Å². The van der Waals surface area contributed by atoms with Crippen LogP contribution in [0.15, 0.2) is 11.6 Å². The number of allylic oxidation sites excluding steroid dienone is 1. The maximum atomic E-state index is 3.64. The zero-order valence-electron chi connectivity index (χ0n) is 10.7. The summed E-state index contributed by atoms with van der Waals surface area (Å²) >= 11 is 0. The molecule has 1 aliphatic carbocycles. The van der Waals surface area contributed by atoms with Gasteiger partial charge in [-0.1, -0.05) is 38.8 Å². The summed E-state index contributed by atoms with van der Waals surface area (Å²) in [5, 5.41) is 3.64. The minimum atomic E-state index is 0.698. The first-order valence-corrected chi connectivity index (χ1v) is 6.69. The Hall–Kier alpha value is -0.300. The molecule has 0 aliphatic heterocycles. The summed E-state index contributed by atoms with van der Waals surface area (Å²) in [5.41, 5.74) is 1.70. The highest BCUT2D eigenvalue weighted by Crippen LogP contribution is 2.24. The first-order valence-electron chi connectivity index (χ1n) is 6.69. The Morgan fingerprint density at radius 2 is 2.13 bits per heavy atom. The van der Waals surface area contributed by atoms with Crippen molar-refractivity contribution in [1.82, 2.24) is 5.32 Å². The lowest BCUT2D eigenvalue weighted by atomic mass is 9.88. The van der Waals surface area contributed by atoms with Gasteiger partial charge in [0.2, 0.25) is 0 Å². The van der Waals surface area contributed by atoms with Crippen LogP contribution in [0.3, 0.4) is 0 Å². The molecule has 0 aromatic heterocycles. The van der Waals surface area contributed by atoms with E-state index in [1.165, 1.54) is 38.5 Å². The summed E-state index contributed by atoms with van der Waals surface area (Å²) in [6.07, 6.45) is 10.5. The van der Waals surface area contributed by atoms with E-state index in [0.29, 0.717) is 6.04 Å². The smallest absolute Gasteiger partial charge is 0.0130 e. The maximum Gasteiger partial charge on any atom is 0.0130 e. The molecule has 0 heterocycles. The topological polar surface area (TPSA) is 12.0 Å². The average molecular weight is 209 g/mol. The minimum Gasteiger partial charge on any atom is -0.314 e. The van der Waals surface area contributed by atoms with Gasteiger partial charge in [-0.05, 0) is 44.6 Å². The van der Waals surface area contributed by atoms with E-state index in [1.807, 2.05) is 0 Å². The predicted octanol–water partition coefficient (Wildman–Crippen LogP) is 3.90. The van der Waals surface area contributed by atoms with Crippen molar-refractivity contribution < 1.29 is 0 Å². The molecule has 88 valence electrons. The van der Waals surface area contributed by atoms with Crippen molar-refractivity contribution >= 4 is 0 Å². The molecular weight excluding hydrogens is 182 g/mol. The Morgan fingerprint density at radius 3 is 2.67 bits per heavy atom. The van der Waals surface area contributed by atoms with Gasteiger partial charge >= 0.3 is 0 Å². The lowest BCUT2D eigenvalue weighted by Gasteiger charge is -2.26. The highest BCUT2D eigenvalue weighted by molar-refractivity contribution is 5.07. The Kier molecular flexibility index (Phi) is 6.00. The molecule has 1 rings (SSSR count). The monoisotopic (exact) mass is 209 g/mol. The molecule has 0 bridgehead atoms. The summed E-state index contributed by atoms with van der Waals surface area (Å²) in [7, 11) is 0. The van der Waals surface area contributed by atoms with Gasteiger partial charge in [-0.15, -0.1) is 0 Å². The molecule has 1 nitrogen and oxygen atoms in total. The van der Waals surface area contributed by atoms with Crippen molar-refractivity contribution in [3.63, 3.8) is 0 Å². The fourth-order valence-electron chi connectivity index (χ4n) is 2.39. The molecule has 0 saturated heterocycles. The van der Waals surface area contributed by atoms with Crippen LogP contribution >= 0.6 is 0 Å². The first kappa shape index (κ1) is 12.8. The molecule has 2 unspecified atom stereocenters. The van der Waals surface area contributed by atoms with Gasteiger partial charge in [0, 0.05) is 6.04 Å². The van der Waals surface area contributed by atoms with E-state index in [4.69, 9.17) is 0 Å². The van der Waals surface area contributed by atoms with E-state index < -0.39 is 0 Å². The summed E-state index contributed by atoms with van der Waals surface area (Å²) in [6, 6.07) is 0.698. The predicted molar refractivity (Wildman–Crippen MR) is 68.1 cm³/mol. The zero-order valence-corrected chi connectivity index (χ0v) is 10.7. The van der Waals surface area contributed by atoms with Crippen molar-refractivity contribution in [3.8, 4) is 0 Å². The molecule has 0 amide bonds. The van der Waals surface area contributed by atoms with Crippen LogP contribution in [-0.4, -0.2) is 12.6 Å². The van der Waals surface area contributed by atoms with Crippen LogP contribution in [0.4, 0.5) is 0 Å². The van der Waals surface area contributed by atoms with Crippen LogP contribution in [0.2, 0.25) is 0 Å². The highest BCUT2D eigenvalue weighted by Gasteiger charge is 2.16. The molecule has 15 heavy (non-hydrogen) atoms. The molecular formula is C14H27N. The standard InChI is InChI=1S/C14H27N/c1-4-12(3)14(15-5-2)11-13-9-7-6-8-10-13/h9,12,14-15H,4-8,10-11H2,1-3H3. The Bertz CT molecular complexity index is 196. The Labute approximate surface area is 95.3 Å². The van der Waals surface area contributed by atoms with Crippen LogP contribution in [0.1, 0.15) is 59.3 Å². The van der Waals surface area contributed by atoms with Crippen LogP contribution in [-0.2, 0) is 0 Å². The third kappa shape index (κ3) is 4.38. The number of nitrogens with one attached hydrogen (secondary N) is 1. The second-order valence-corrected chi connectivity index (χ2v) is 4.86. The largest absolute Gasteiger partial charge is 0.314 e. The Morgan fingerprint density at radius 1 is 1.33 bits per heavy atom. The van der Waals surface area contributed by atoms with Crippen LogP contribution < -0.4 is 5.32 Å². The van der Waals surface area contributed by atoms with E-state index in [9.17, 15) is 0 Å². The summed E-state index contributed by atoms with van der Waals surface area (Å²) in [5.74, 6) is 0.799. The van der Waals surface area contributed by atoms with Crippen molar-refractivity contribution in [2.45, 2.75) is 65.3 Å².